The zero-order valence-electron chi connectivity index (χ0n) is 16.0. The Balaban J connectivity index is 1.73. The van der Waals surface area contributed by atoms with E-state index in [1.54, 1.807) is 48.5 Å². The van der Waals surface area contributed by atoms with Crippen molar-refractivity contribution in [3.8, 4) is 0 Å². The Morgan fingerprint density at radius 2 is 1.43 bits per heavy atom. The number of carbonyl (C=O) groups is 1. The molecule has 0 radical (unpaired) electrons. The number of ether oxygens (including phenoxy) is 1. The SMILES string of the molecule is O=C(NC(c1ccc(Cl)cc1)P(=O)(O)OCc1ccccc1)OCc1ccccc1. The van der Waals surface area contributed by atoms with Gasteiger partial charge in [-0.25, -0.2) is 4.79 Å². The molecule has 0 spiro atoms. The molecule has 3 aromatic rings. The van der Waals surface area contributed by atoms with Crippen LogP contribution in [0.4, 0.5) is 4.79 Å². The summed E-state index contributed by atoms with van der Waals surface area (Å²) in [6.07, 6.45) is -0.837. The summed E-state index contributed by atoms with van der Waals surface area (Å²) in [7, 11) is -4.31. The van der Waals surface area contributed by atoms with Crippen molar-refractivity contribution in [2.75, 3.05) is 0 Å². The average molecular weight is 446 g/mol. The Kier molecular flexibility index (Phi) is 7.66. The second-order valence-corrected chi connectivity index (χ2v) is 8.82. The van der Waals surface area contributed by atoms with Crippen LogP contribution in [-0.4, -0.2) is 11.0 Å². The zero-order valence-corrected chi connectivity index (χ0v) is 17.6. The van der Waals surface area contributed by atoms with E-state index in [0.717, 1.165) is 11.1 Å². The first kappa shape index (κ1) is 22.1. The van der Waals surface area contributed by atoms with Gasteiger partial charge in [0.2, 0.25) is 0 Å². The summed E-state index contributed by atoms with van der Waals surface area (Å²) >= 11 is 5.92. The van der Waals surface area contributed by atoms with Crippen LogP contribution in [0.2, 0.25) is 5.02 Å². The number of carbonyl (C=O) groups excluding carboxylic acids is 1. The van der Waals surface area contributed by atoms with Gasteiger partial charge in [0.1, 0.15) is 6.61 Å². The Morgan fingerprint density at radius 1 is 0.900 bits per heavy atom. The van der Waals surface area contributed by atoms with Gasteiger partial charge in [0.05, 0.1) is 6.61 Å². The Bertz CT molecular complexity index is 999. The summed E-state index contributed by atoms with van der Waals surface area (Å²) < 4.78 is 23.5. The number of amides is 1. The van der Waals surface area contributed by atoms with Crippen LogP contribution in [0.1, 0.15) is 22.5 Å². The van der Waals surface area contributed by atoms with E-state index in [1.807, 2.05) is 36.4 Å². The number of rotatable bonds is 8. The van der Waals surface area contributed by atoms with Crippen molar-refractivity contribution < 1.29 is 23.5 Å². The highest BCUT2D eigenvalue weighted by atomic mass is 35.5. The molecule has 0 saturated carbocycles. The molecular formula is C22H21ClNO5P. The van der Waals surface area contributed by atoms with Gasteiger partial charge in [-0.1, -0.05) is 84.4 Å². The summed E-state index contributed by atoms with van der Waals surface area (Å²) in [5.74, 6) is -1.32. The van der Waals surface area contributed by atoms with Gasteiger partial charge in [-0.05, 0) is 28.8 Å². The summed E-state index contributed by atoms with van der Waals surface area (Å²) in [5.41, 5.74) is 1.89. The third-order valence-electron chi connectivity index (χ3n) is 4.24. The van der Waals surface area contributed by atoms with Gasteiger partial charge < -0.3 is 19.5 Å². The van der Waals surface area contributed by atoms with Gasteiger partial charge in [0.25, 0.3) is 0 Å². The van der Waals surface area contributed by atoms with Crippen LogP contribution in [0.3, 0.4) is 0 Å². The second kappa shape index (κ2) is 10.4. The molecule has 1 amide bonds. The summed E-state index contributed by atoms with van der Waals surface area (Å²) in [6.45, 7) is -0.0555. The minimum Gasteiger partial charge on any atom is -0.445 e. The predicted octanol–water partition coefficient (Wildman–Crippen LogP) is 5.67. The first-order valence-electron chi connectivity index (χ1n) is 9.18. The van der Waals surface area contributed by atoms with Gasteiger partial charge in [-0.15, -0.1) is 0 Å². The topological polar surface area (TPSA) is 84.9 Å². The van der Waals surface area contributed by atoms with Gasteiger partial charge >= 0.3 is 13.7 Å². The molecule has 156 valence electrons. The van der Waals surface area contributed by atoms with Crippen LogP contribution < -0.4 is 5.32 Å². The minimum atomic E-state index is -4.31. The van der Waals surface area contributed by atoms with Gasteiger partial charge in [-0.2, -0.15) is 0 Å². The normalized spacial score (nSPS) is 13.8. The molecule has 8 heteroatoms. The fraction of sp³-hybridized carbons (Fsp3) is 0.136. The van der Waals surface area contributed by atoms with Crippen molar-refractivity contribution >= 4 is 25.3 Å². The molecule has 0 saturated heterocycles. The lowest BCUT2D eigenvalue weighted by Gasteiger charge is -2.24. The number of hydrogen-bond donors (Lipinski definition) is 2. The summed E-state index contributed by atoms with van der Waals surface area (Å²) in [6, 6.07) is 24.4. The lowest BCUT2D eigenvalue weighted by Crippen LogP contribution is -2.29. The van der Waals surface area contributed by atoms with E-state index in [1.165, 1.54) is 0 Å². The van der Waals surface area contributed by atoms with Crippen molar-refractivity contribution in [3.05, 3.63) is 107 Å². The first-order valence-corrected chi connectivity index (χ1v) is 11.2. The van der Waals surface area contributed by atoms with E-state index in [0.29, 0.717) is 10.6 Å². The molecule has 2 N–H and O–H groups in total. The first-order chi connectivity index (χ1) is 14.4. The molecule has 2 atom stereocenters. The molecule has 0 aliphatic heterocycles. The van der Waals surface area contributed by atoms with Crippen LogP contribution in [0, 0.1) is 0 Å². The maximum absolute atomic E-state index is 13.0. The van der Waals surface area contributed by atoms with Crippen LogP contribution in [0.25, 0.3) is 0 Å². The molecule has 0 aliphatic carbocycles. The highest BCUT2D eigenvalue weighted by Crippen LogP contribution is 2.55. The van der Waals surface area contributed by atoms with Crippen molar-refractivity contribution in [1.82, 2.24) is 5.32 Å². The van der Waals surface area contributed by atoms with E-state index in [9.17, 15) is 14.3 Å². The zero-order chi connectivity index (χ0) is 21.4. The Labute approximate surface area is 180 Å². The Hall–Kier alpha value is -2.63. The number of halogens is 1. The molecule has 3 aromatic carbocycles. The quantitative estimate of drug-likeness (QED) is 0.436. The van der Waals surface area contributed by atoms with E-state index >= 15 is 0 Å². The van der Waals surface area contributed by atoms with Gasteiger partial charge in [0, 0.05) is 5.02 Å². The fourth-order valence-electron chi connectivity index (χ4n) is 2.69. The maximum atomic E-state index is 13.0. The van der Waals surface area contributed by atoms with E-state index in [4.69, 9.17) is 20.9 Å². The summed E-state index contributed by atoms with van der Waals surface area (Å²) in [5, 5.41) is 2.92. The molecular weight excluding hydrogens is 425 g/mol. The molecule has 6 nitrogen and oxygen atoms in total. The highest BCUT2D eigenvalue weighted by Gasteiger charge is 2.36. The van der Waals surface area contributed by atoms with Crippen molar-refractivity contribution in [3.63, 3.8) is 0 Å². The molecule has 2 unspecified atom stereocenters. The third-order valence-corrected chi connectivity index (χ3v) is 6.07. The Morgan fingerprint density at radius 3 is 2.00 bits per heavy atom. The van der Waals surface area contributed by atoms with Crippen molar-refractivity contribution in [2.45, 2.75) is 19.0 Å². The number of nitrogens with one attached hydrogen (secondary N) is 1. The smallest absolute Gasteiger partial charge is 0.408 e. The average Bonchev–Trinajstić information content (AvgIpc) is 2.77. The fourth-order valence-corrected chi connectivity index (χ4v) is 4.12. The van der Waals surface area contributed by atoms with E-state index in [2.05, 4.69) is 5.32 Å². The van der Waals surface area contributed by atoms with Crippen molar-refractivity contribution in [1.29, 1.82) is 0 Å². The van der Waals surface area contributed by atoms with E-state index < -0.39 is 19.5 Å². The second-order valence-electron chi connectivity index (χ2n) is 6.48. The van der Waals surface area contributed by atoms with Crippen LogP contribution >= 0.6 is 19.2 Å². The van der Waals surface area contributed by atoms with E-state index in [-0.39, 0.29) is 13.2 Å². The van der Waals surface area contributed by atoms with Crippen LogP contribution in [-0.2, 0) is 27.0 Å². The molecule has 0 heterocycles. The lowest BCUT2D eigenvalue weighted by molar-refractivity contribution is 0.136. The van der Waals surface area contributed by atoms with Gasteiger partial charge in [-0.3, -0.25) is 4.57 Å². The van der Waals surface area contributed by atoms with Gasteiger partial charge in [0.15, 0.2) is 5.78 Å². The highest BCUT2D eigenvalue weighted by molar-refractivity contribution is 7.53. The standard InChI is InChI=1S/C22H21ClNO5P/c23-20-13-11-19(12-14-20)21(24-22(25)28-15-17-7-3-1-4-8-17)30(26,27)29-16-18-9-5-2-6-10-18/h1-14,21H,15-16H2,(H,24,25)(H,26,27). The van der Waals surface area contributed by atoms with Crippen LogP contribution in [0.5, 0.6) is 0 Å². The maximum Gasteiger partial charge on any atom is 0.408 e. The van der Waals surface area contributed by atoms with Crippen LogP contribution in [0.15, 0.2) is 84.9 Å². The minimum absolute atomic E-state index is 0.0284. The third kappa shape index (κ3) is 6.44. The molecule has 0 fully saturated rings. The largest absolute Gasteiger partial charge is 0.445 e. The predicted molar refractivity (Wildman–Crippen MR) is 115 cm³/mol. The van der Waals surface area contributed by atoms with Crippen molar-refractivity contribution in [2.24, 2.45) is 0 Å². The summed E-state index contributed by atoms with van der Waals surface area (Å²) in [4.78, 5) is 23.0. The molecule has 3 rings (SSSR count). The molecule has 0 aliphatic rings. The number of hydrogen-bond acceptors (Lipinski definition) is 4. The lowest BCUT2D eigenvalue weighted by atomic mass is 10.2. The molecule has 0 aromatic heterocycles. The molecule has 30 heavy (non-hydrogen) atoms. The monoisotopic (exact) mass is 445 g/mol. The number of alkyl carbamates (subject to hydrolysis) is 1. The molecule has 0 bridgehead atoms. The number of benzene rings is 3.